The van der Waals surface area contributed by atoms with Gasteiger partial charge in [-0.05, 0) is 30.2 Å². The molecule has 8 heteroatoms. The van der Waals surface area contributed by atoms with E-state index in [0.717, 1.165) is 5.56 Å². The van der Waals surface area contributed by atoms with Gasteiger partial charge in [-0.1, -0.05) is 30.3 Å². The van der Waals surface area contributed by atoms with Crippen LogP contribution in [0, 0.1) is 11.3 Å². The van der Waals surface area contributed by atoms with Crippen LogP contribution >= 0.6 is 0 Å². The topological polar surface area (TPSA) is 96.7 Å². The van der Waals surface area contributed by atoms with Crippen molar-refractivity contribution in [2.75, 3.05) is 20.8 Å². The number of sulfonamides is 1. The zero-order valence-corrected chi connectivity index (χ0v) is 16.6. The first-order valence-electron chi connectivity index (χ1n) is 8.62. The number of carbonyl (C=O) groups excluding carboxylic acids is 1. The summed E-state index contributed by atoms with van der Waals surface area (Å²) in [5.41, 5.74) is 0.935. The molecule has 7 nitrogen and oxygen atoms in total. The minimum absolute atomic E-state index is 0.0917. The third-order valence-electron chi connectivity index (χ3n) is 4.00. The van der Waals surface area contributed by atoms with Gasteiger partial charge in [-0.25, -0.2) is 13.2 Å². The SMILES string of the molecule is COc1ccc(C(=O)OCCCC#N)cc1S(=O)(=O)N(C)Cc1ccccc1. The number of hydrogen-bond acceptors (Lipinski definition) is 6. The Morgan fingerprint density at radius 1 is 1.18 bits per heavy atom. The Kier molecular flexibility index (Phi) is 7.55. The van der Waals surface area contributed by atoms with Crippen molar-refractivity contribution in [3.63, 3.8) is 0 Å². The van der Waals surface area contributed by atoms with E-state index in [4.69, 9.17) is 14.7 Å². The van der Waals surface area contributed by atoms with Crippen LogP contribution in [0.4, 0.5) is 0 Å². The van der Waals surface area contributed by atoms with E-state index in [1.807, 2.05) is 36.4 Å². The minimum atomic E-state index is -3.91. The van der Waals surface area contributed by atoms with Crippen LogP contribution in [0.5, 0.6) is 5.75 Å². The molecule has 0 aromatic heterocycles. The smallest absolute Gasteiger partial charge is 0.338 e. The number of rotatable bonds is 9. The second-order valence-electron chi connectivity index (χ2n) is 6.01. The third-order valence-corrected chi connectivity index (χ3v) is 5.83. The Morgan fingerprint density at radius 3 is 2.54 bits per heavy atom. The first kappa shape index (κ1) is 21.4. The van der Waals surface area contributed by atoms with Gasteiger partial charge in [0.25, 0.3) is 0 Å². The Morgan fingerprint density at radius 2 is 1.89 bits per heavy atom. The van der Waals surface area contributed by atoms with E-state index in [0.29, 0.717) is 6.42 Å². The molecule has 148 valence electrons. The molecule has 28 heavy (non-hydrogen) atoms. The van der Waals surface area contributed by atoms with Crippen LogP contribution in [0.1, 0.15) is 28.8 Å². The quantitative estimate of drug-likeness (QED) is 0.472. The molecule has 0 saturated carbocycles. The van der Waals surface area contributed by atoms with Gasteiger partial charge >= 0.3 is 5.97 Å². The Labute approximate surface area is 165 Å². The minimum Gasteiger partial charge on any atom is -0.495 e. The van der Waals surface area contributed by atoms with Crippen molar-refractivity contribution in [2.45, 2.75) is 24.3 Å². The van der Waals surface area contributed by atoms with E-state index in [2.05, 4.69) is 0 Å². The summed E-state index contributed by atoms with van der Waals surface area (Å²) in [7, 11) is -1.07. The summed E-state index contributed by atoms with van der Waals surface area (Å²) in [6.07, 6.45) is 0.698. The van der Waals surface area contributed by atoms with Crippen LogP contribution in [-0.2, 0) is 21.3 Å². The maximum absolute atomic E-state index is 13.0. The van der Waals surface area contributed by atoms with E-state index in [-0.39, 0.29) is 35.8 Å². The summed E-state index contributed by atoms with van der Waals surface area (Å²) < 4.78 is 37.6. The molecule has 0 atom stereocenters. The summed E-state index contributed by atoms with van der Waals surface area (Å²) >= 11 is 0. The van der Waals surface area contributed by atoms with Crippen molar-refractivity contribution < 1.29 is 22.7 Å². The summed E-state index contributed by atoms with van der Waals surface area (Å²) in [5, 5.41) is 8.51. The predicted octanol–water partition coefficient (Wildman–Crippen LogP) is 2.98. The number of carbonyl (C=O) groups is 1. The standard InChI is InChI=1S/C20H22N2O5S/c1-22(15-16-8-4-3-5-9-16)28(24,25)19-14-17(10-11-18(19)26-2)20(23)27-13-7-6-12-21/h3-5,8-11,14H,6-7,13,15H2,1-2H3. The maximum atomic E-state index is 13.0. The number of benzene rings is 2. The van der Waals surface area contributed by atoms with Crippen LogP contribution in [-0.4, -0.2) is 39.5 Å². The summed E-state index contributed by atoms with van der Waals surface area (Å²) in [5.74, 6) is -0.510. The van der Waals surface area contributed by atoms with Crippen LogP contribution in [0.25, 0.3) is 0 Å². The highest BCUT2D eigenvalue weighted by molar-refractivity contribution is 7.89. The van der Waals surface area contributed by atoms with Crippen molar-refractivity contribution in [3.05, 3.63) is 59.7 Å². The lowest BCUT2D eigenvalue weighted by Gasteiger charge is -2.19. The first-order chi connectivity index (χ1) is 13.4. The predicted molar refractivity (Wildman–Crippen MR) is 103 cm³/mol. The van der Waals surface area contributed by atoms with Gasteiger partial charge in [0.1, 0.15) is 10.6 Å². The lowest BCUT2D eigenvalue weighted by Crippen LogP contribution is -2.27. The molecule has 0 aliphatic heterocycles. The fourth-order valence-electron chi connectivity index (χ4n) is 2.50. The average molecular weight is 402 g/mol. The zero-order valence-electron chi connectivity index (χ0n) is 15.8. The van der Waals surface area contributed by atoms with Gasteiger partial charge in [-0.3, -0.25) is 0 Å². The number of methoxy groups -OCH3 is 1. The highest BCUT2D eigenvalue weighted by Crippen LogP contribution is 2.28. The van der Waals surface area contributed by atoms with Gasteiger partial charge in [0, 0.05) is 20.0 Å². The van der Waals surface area contributed by atoms with Crippen molar-refractivity contribution in [2.24, 2.45) is 0 Å². The second-order valence-corrected chi connectivity index (χ2v) is 8.02. The van der Waals surface area contributed by atoms with Crippen LogP contribution < -0.4 is 4.74 Å². The molecule has 0 radical (unpaired) electrons. The van der Waals surface area contributed by atoms with Gasteiger partial charge in [0.05, 0.1) is 25.3 Å². The Hall–Kier alpha value is -2.89. The number of ether oxygens (including phenoxy) is 2. The molecule has 2 aromatic rings. The Bertz CT molecular complexity index is 952. The van der Waals surface area contributed by atoms with Crippen LogP contribution in [0.3, 0.4) is 0 Å². The van der Waals surface area contributed by atoms with Crippen molar-refractivity contribution in [1.82, 2.24) is 4.31 Å². The van der Waals surface area contributed by atoms with Crippen molar-refractivity contribution >= 4 is 16.0 Å². The molecule has 0 saturated heterocycles. The van der Waals surface area contributed by atoms with Gasteiger partial charge in [0.15, 0.2) is 0 Å². The molecule has 0 amide bonds. The van der Waals surface area contributed by atoms with E-state index < -0.39 is 16.0 Å². The molecule has 0 bridgehead atoms. The molecule has 0 fully saturated rings. The number of nitriles is 1. The highest BCUT2D eigenvalue weighted by atomic mass is 32.2. The van der Waals surface area contributed by atoms with Crippen molar-refractivity contribution in [3.8, 4) is 11.8 Å². The average Bonchev–Trinajstić information content (AvgIpc) is 2.71. The van der Waals surface area contributed by atoms with Crippen LogP contribution in [0.15, 0.2) is 53.4 Å². The molecule has 2 aromatic carbocycles. The molecule has 0 unspecified atom stereocenters. The molecule has 0 aliphatic carbocycles. The van der Waals surface area contributed by atoms with E-state index in [9.17, 15) is 13.2 Å². The number of hydrogen-bond donors (Lipinski definition) is 0. The largest absolute Gasteiger partial charge is 0.495 e. The highest BCUT2D eigenvalue weighted by Gasteiger charge is 2.26. The number of nitrogens with zero attached hydrogens (tertiary/aromatic N) is 2. The van der Waals surface area contributed by atoms with E-state index in [1.54, 1.807) is 0 Å². The number of esters is 1. The van der Waals surface area contributed by atoms with E-state index >= 15 is 0 Å². The molecule has 0 N–H and O–H groups in total. The van der Waals surface area contributed by atoms with Gasteiger partial charge < -0.3 is 9.47 Å². The summed E-state index contributed by atoms with van der Waals surface area (Å²) in [4.78, 5) is 12.1. The van der Waals surface area contributed by atoms with Gasteiger partial charge in [-0.2, -0.15) is 9.57 Å². The van der Waals surface area contributed by atoms with Crippen LogP contribution in [0.2, 0.25) is 0 Å². The molecular weight excluding hydrogens is 380 g/mol. The number of unbranched alkanes of at least 4 members (excludes halogenated alkanes) is 1. The monoisotopic (exact) mass is 402 g/mol. The van der Waals surface area contributed by atoms with Crippen molar-refractivity contribution in [1.29, 1.82) is 5.26 Å². The van der Waals surface area contributed by atoms with Gasteiger partial charge in [-0.15, -0.1) is 0 Å². The zero-order chi connectivity index (χ0) is 20.6. The molecular formula is C20H22N2O5S. The normalized spacial score (nSPS) is 11.1. The van der Waals surface area contributed by atoms with E-state index in [1.165, 1.54) is 36.7 Å². The second kappa shape index (κ2) is 9.88. The summed E-state index contributed by atoms with van der Waals surface area (Å²) in [6, 6.07) is 15.3. The molecule has 2 rings (SSSR count). The lowest BCUT2D eigenvalue weighted by molar-refractivity contribution is 0.0501. The maximum Gasteiger partial charge on any atom is 0.338 e. The first-order valence-corrected chi connectivity index (χ1v) is 10.1. The molecule has 0 spiro atoms. The fraction of sp³-hybridized carbons (Fsp3) is 0.300. The summed E-state index contributed by atoms with van der Waals surface area (Å²) in [6.45, 7) is 0.267. The Balaban J connectivity index is 2.26. The molecule has 0 aliphatic rings. The fourth-order valence-corrected chi connectivity index (χ4v) is 3.83. The molecule has 0 heterocycles. The lowest BCUT2D eigenvalue weighted by atomic mass is 10.2. The van der Waals surface area contributed by atoms with Gasteiger partial charge in [0.2, 0.25) is 10.0 Å². The third kappa shape index (κ3) is 5.31.